The Balaban J connectivity index is 1.52. The predicted octanol–water partition coefficient (Wildman–Crippen LogP) is 4.74. The highest BCUT2D eigenvalue weighted by Gasteiger charge is 2.36. The molecule has 0 atom stereocenters. The van der Waals surface area contributed by atoms with E-state index in [4.69, 9.17) is 21.1 Å². The number of ether oxygens (including phenoxy) is 2. The lowest BCUT2D eigenvalue weighted by molar-refractivity contribution is -0.146. The van der Waals surface area contributed by atoms with E-state index in [2.05, 4.69) is 5.32 Å². The van der Waals surface area contributed by atoms with E-state index in [-0.39, 0.29) is 24.0 Å². The van der Waals surface area contributed by atoms with Crippen molar-refractivity contribution in [1.29, 1.82) is 0 Å². The van der Waals surface area contributed by atoms with Gasteiger partial charge in [-0.15, -0.1) is 0 Å². The number of hydrogen-bond acceptors (Lipinski definition) is 7. The summed E-state index contributed by atoms with van der Waals surface area (Å²) in [5, 5.41) is 2.75. The van der Waals surface area contributed by atoms with Gasteiger partial charge in [0.1, 0.15) is 12.3 Å². The quantitative estimate of drug-likeness (QED) is 0.284. The van der Waals surface area contributed by atoms with Crippen LogP contribution in [0.5, 0.6) is 5.75 Å². The van der Waals surface area contributed by atoms with Gasteiger partial charge in [-0.1, -0.05) is 37.1 Å². The highest BCUT2D eigenvalue weighted by atomic mass is 35.5. The van der Waals surface area contributed by atoms with Crippen LogP contribution in [0.25, 0.3) is 6.08 Å². The molecule has 3 amide bonds. The average Bonchev–Trinajstić information content (AvgIpc) is 3.07. The first-order valence-corrected chi connectivity index (χ1v) is 11.7. The highest BCUT2D eigenvalue weighted by molar-refractivity contribution is 8.18. The molecule has 34 heavy (non-hydrogen) atoms. The van der Waals surface area contributed by atoms with Crippen LogP contribution < -0.4 is 10.1 Å². The first-order valence-electron chi connectivity index (χ1n) is 10.5. The van der Waals surface area contributed by atoms with Crippen molar-refractivity contribution in [3.63, 3.8) is 0 Å². The number of thioether (sulfide) groups is 1. The third-order valence-corrected chi connectivity index (χ3v) is 5.76. The minimum atomic E-state index is -0.612. The number of nitrogens with zero attached hydrogens (tertiary/aromatic N) is 1. The van der Waals surface area contributed by atoms with Crippen LogP contribution in [0.1, 0.15) is 25.3 Å². The molecule has 2 aromatic carbocycles. The normalized spacial score (nSPS) is 14.4. The maximum Gasteiger partial charge on any atom is 0.326 e. The molecular weight excluding hydrogens is 480 g/mol. The standard InChI is InChI=1S/C24H23ClN2O6S/c1-2-3-12-32-22(29)14-27-23(30)20(34-24(27)31)13-16-4-10-19(11-5-16)33-15-21(28)26-18-8-6-17(25)7-9-18/h4-11,13H,2-3,12,14-15H2,1H3,(H,26,28)/b20-13+. The summed E-state index contributed by atoms with van der Waals surface area (Å²) in [7, 11) is 0. The second kappa shape index (κ2) is 12.2. The first kappa shape index (κ1) is 25.3. The fourth-order valence-electron chi connectivity index (χ4n) is 2.83. The molecule has 2 aromatic rings. The number of rotatable bonds is 10. The molecule has 3 rings (SSSR count). The van der Waals surface area contributed by atoms with E-state index < -0.39 is 23.7 Å². The number of carbonyl (C=O) groups is 4. The molecule has 1 aliphatic rings. The van der Waals surface area contributed by atoms with Gasteiger partial charge in [-0.25, -0.2) is 0 Å². The Hall–Kier alpha value is -3.30. The van der Waals surface area contributed by atoms with E-state index in [0.29, 0.717) is 22.0 Å². The zero-order valence-corrected chi connectivity index (χ0v) is 20.0. The molecule has 0 radical (unpaired) electrons. The highest BCUT2D eigenvalue weighted by Crippen LogP contribution is 2.32. The maximum atomic E-state index is 12.5. The zero-order chi connectivity index (χ0) is 24.5. The van der Waals surface area contributed by atoms with Crippen molar-refractivity contribution in [3.8, 4) is 5.75 Å². The van der Waals surface area contributed by atoms with E-state index in [9.17, 15) is 19.2 Å². The van der Waals surface area contributed by atoms with E-state index in [1.807, 2.05) is 6.92 Å². The molecule has 178 valence electrons. The molecule has 1 heterocycles. The Morgan fingerprint density at radius 2 is 1.79 bits per heavy atom. The largest absolute Gasteiger partial charge is 0.484 e. The molecule has 10 heteroatoms. The van der Waals surface area contributed by atoms with Crippen molar-refractivity contribution < 1.29 is 28.7 Å². The molecule has 0 saturated carbocycles. The molecule has 0 aromatic heterocycles. The fourth-order valence-corrected chi connectivity index (χ4v) is 3.80. The van der Waals surface area contributed by atoms with Gasteiger partial charge in [-0.3, -0.25) is 24.1 Å². The van der Waals surface area contributed by atoms with E-state index in [1.165, 1.54) is 0 Å². The third kappa shape index (κ3) is 7.36. The van der Waals surface area contributed by atoms with Gasteiger partial charge >= 0.3 is 5.97 Å². The minimum Gasteiger partial charge on any atom is -0.484 e. The minimum absolute atomic E-state index is 0.185. The number of unbranched alkanes of at least 4 members (excludes halogenated alkanes) is 1. The lowest BCUT2D eigenvalue weighted by Crippen LogP contribution is -2.34. The summed E-state index contributed by atoms with van der Waals surface area (Å²) < 4.78 is 10.5. The number of amides is 3. The summed E-state index contributed by atoms with van der Waals surface area (Å²) in [5.41, 5.74) is 1.27. The number of esters is 1. The van der Waals surface area contributed by atoms with Crippen molar-refractivity contribution >= 4 is 58.1 Å². The Bertz CT molecular complexity index is 1090. The van der Waals surface area contributed by atoms with Crippen LogP contribution in [0.2, 0.25) is 5.02 Å². The summed E-state index contributed by atoms with van der Waals surface area (Å²) in [6.07, 6.45) is 3.16. The number of imide groups is 1. The van der Waals surface area contributed by atoms with Crippen molar-refractivity contribution in [2.24, 2.45) is 0 Å². The zero-order valence-electron chi connectivity index (χ0n) is 18.4. The summed E-state index contributed by atoms with van der Waals surface area (Å²) in [4.78, 5) is 49.6. The Morgan fingerprint density at radius 3 is 2.47 bits per heavy atom. The molecule has 1 aliphatic heterocycles. The van der Waals surface area contributed by atoms with Crippen LogP contribution in [0.3, 0.4) is 0 Å². The molecule has 0 aliphatic carbocycles. The predicted molar refractivity (Wildman–Crippen MR) is 131 cm³/mol. The van der Waals surface area contributed by atoms with Gasteiger partial charge in [0, 0.05) is 10.7 Å². The SMILES string of the molecule is CCCCOC(=O)CN1C(=O)S/C(=C/c2ccc(OCC(=O)Nc3ccc(Cl)cc3)cc2)C1=O. The first-order chi connectivity index (χ1) is 16.4. The molecule has 8 nitrogen and oxygen atoms in total. The molecule has 1 fully saturated rings. The van der Waals surface area contributed by atoms with E-state index >= 15 is 0 Å². The van der Waals surface area contributed by atoms with Crippen molar-refractivity contribution in [2.45, 2.75) is 19.8 Å². The van der Waals surface area contributed by atoms with Crippen LogP contribution in [-0.4, -0.2) is 47.7 Å². The molecule has 0 bridgehead atoms. The van der Waals surface area contributed by atoms with Gasteiger partial charge in [0.2, 0.25) is 0 Å². The average molecular weight is 503 g/mol. The number of anilines is 1. The summed E-state index contributed by atoms with van der Waals surface area (Å²) >= 11 is 6.59. The summed E-state index contributed by atoms with van der Waals surface area (Å²) in [6.45, 7) is 1.64. The smallest absolute Gasteiger partial charge is 0.326 e. The fraction of sp³-hybridized carbons (Fsp3) is 0.250. The summed E-state index contributed by atoms with van der Waals surface area (Å²) in [5.74, 6) is -1.01. The topological polar surface area (TPSA) is 102 Å². The number of nitrogens with one attached hydrogen (secondary N) is 1. The third-order valence-electron chi connectivity index (χ3n) is 4.60. The summed E-state index contributed by atoms with van der Waals surface area (Å²) in [6, 6.07) is 13.4. The Labute approximate surface area is 206 Å². The molecular formula is C24H23ClN2O6S. The van der Waals surface area contributed by atoms with Gasteiger partial charge in [0.25, 0.3) is 17.1 Å². The van der Waals surface area contributed by atoms with Crippen LogP contribution in [0, 0.1) is 0 Å². The van der Waals surface area contributed by atoms with Crippen molar-refractivity contribution in [2.75, 3.05) is 25.1 Å². The second-order valence-corrected chi connectivity index (χ2v) is 8.68. The van der Waals surface area contributed by atoms with Crippen molar-refractivity contribution in [3.05, 3.63) is 64.0 Å². The number of carbonyl (C=O) groups excluding carboxylic acids is 4. The van der Waals surface area contributed by atoms with Crippen LogP contribution in [0.15, 0.2) is 53.4 Å². The van der Waals surface area contributed by atoms with E-state index in [1.54, 1.807) is 54.6 Å². The number of halogens is 1. The van der Waals surface area contributed by atoms with Crippen LogP contribution >= 0.6 is 23.4 Å². The Morgan fingerprint density at radius 1 is 1.09 bits per heavy atom. The second-order valence-electron chi connectivity index (χ2n) is 7.25. The number of hydrogen-bond donors (Lipinski definition) is 1. The lowest BCUT2D eigenvalue weighted by Gasteiger charge is -2.11. The van der Waals surface area contributed by atoms with Gasteiger partial charge in [-0.05, 0) is 66.2 Å². The lowest BCUT2D eigenvalue weighted by atomic mass is 10.2. The monoisotopic (exact) mass is 502 g/mol. The Kier molecular flexibility index (Phi) is 9.12. The van der Waals surface area contributed by atoms with Crippen LogP contribution in [0.4, 0.5) is 10.5 Å². The van der Waals surface area contributed by atoms with Crippen LogP contribution in [-0.2, 0) is 19.1 Å². The van der Waals surface area contributed by atoms with Gasteiger partial charge in [0.15, 0.2) is 6.61 Å². The molecule has 0 spiro atoms. The van der Waals surface area contributed by atoms with Crippen molar-refractivity contribution in [1.82, 2.24) is 4.90 Å². The van der Waals surface area contributed by atoms with Gasteiger partial charge < -0.3 is 14.8 Å². The molecule has 1 saturated heterocycles. The maximum absolute atomic E-state index is 12.5. The van der Waals surface area contributed by atoms with Gasteiger partial charge in [-0.2, -0.15) is 0 Å². The molecule has 0 unspecified atom stereocenters. The number of benzene rings is 2. The van der Waals surface area contributed by atoms with E-state index in [0.717, 1.165) is 29.5 Å². The molecule has 1 N–H and O–H groups in total. The van der Waals surface area contributed by atoms with Gasteiger partial charge in [0.05, 0.1) is 11.5 Å².